The molecule has 1 aromatic heterocycles. The zero-order valence-electron chi connectivity index (χ0n) is 48.7. The fourth-order valence-corrected chi connectivity index (χ4v) is 13.6. The van der Waals surface area contributed by atoms with Crippen LogP contribution in [0.2, 0.25) is 5.02 Å². The van der Waals surface area contributed by atoms with Gasteiger partial charge in [0.2, 0.25) is 23.6 Å². The molecule has 6 amide bonds. The van der Waals surface area contributed by atoms with Crippen molar-refractivity contribution in [2.24, 2.45) is 22.4 Å². The van der Waals surface area contributed by atoms with Crippen molar-refractivity contribution in [1.29, 1.82) is 0 Å². The van der Waals surface area contributed by atoms with Gasteiger partial charge in [0, 0.05) is 80.9 Å². The minimum atomic E-state index is -1.82. The van der Waals surface area contributed by atoms with E-state index in [2.05, 4.69) is 20.8 Å². The number of nitrogens with zero attached hydrogens (tertiary/aromatic N) is 5. The summed E-state index contributed by atoms with van der Waals surface area (Å²) in [4.78, 5) is 117. The van der Waals surface area contributed by atoms with Crippen LogP contribution in [0.15, 0.2) is 53.2 Å². The topological polar surface area (TPSA) is 271 Å². The van der Waals surface area contributed by atoms with Crippen LogP contribution in [0.3, 0.4) is 0 Å². The lowest BCUT2D eigenvalue weighted by molar-refractivity contribution is -0.197. The molecule has 4 bridgehead atoms. The second kappa shape index (κ2) is 27.7. The number of carbonyl (C=O) groups excluding carboxylic acids is 8. The number of aryl methyl sites for hydroxylation is 1. The van der Waals surface area contributed by atoms with Crippen molar-refractivity contribution in [3.63, 3.8) is 0 Å². The summed E-state index contributed by atoms with van der Waals surface area (Å²) in [6.45, 7) is 11.3. The zero-order chi connectivity index (χ0) is 60.6. The van der Waals surface area contributed by atoms with Crippen molar-refractivity contribution >= 4 is 92.2 Å². The van der Waals surface area contributed by atoms with E-state index < -0.39 is 76.0 Å². The molecule has 3 aliphatic heterocycles. The minimum absolute atomic E-state index is 0.0150. The number of methoxy groups -OCH3 is 2. The number of aromatic nitrogens is 1. The van der Waals surface area contributed by atoms with Gasteiger partial charge in [-0.1, -0.05) is 70.8 Å². The number of benzene rings is 1. The molecule has 7 rings (SSSR count). The normalized spacial score (nSPS) is 26.5. The Kier molecular flexibility index (Phi) is 21.4. The third kappa shape index (κ3) is 16.2. The number of nitrogens with one attached hydrogen (secondary N) is 2. The number of alkyl carbamates (subject to hydrolysis) is 1. The number of hydroxylamine groups is 2. The molecule has 2 aliphatic carbocycles. The highest BCUT2D eigenvalue weighted by molar-refractivity contribution is 8.77. The molecule has 8 atom stereocenters. The van der Waals surface area contributed by atoms with E-state index in [9.17, 15) is 43.5 Å². The van der Waals surface area contributed by atoms with Crippen molar-refractivity contribution in [3.05, 3.63) is 69.9 Å². The first-order valence-electron chi connectivity index (χ1n) is 27.8. The van der Waals surface area contributed by atoms with Gasteiger partial charge in [-0.25, -0.2) is 24.8 Å². The molecule has 1 aromatic carbocycles. The van der Waals surface area contributed by atoms with Crippen molar-refractivity contribution in [2.45, 2.75) is 160 Å². The van der Waals surface area contributed by atoms with E-state index in [1.165, 1.54) is 52.7 Å². The molecule has 2 saturated heterocycles. The van der Waals surface area contributed by atoms with Crippen LogP contribution >= 0.6 is 33.2 Å². The summed E-state index contributed by atoms with van der Waals surface area (Å²) in [5, 5.41) is 19.7. The molecular formula is C58H76ClN7O15S2. The average Bonchev–Trinajstić information content (AvgIpc) is 2.25. The summed E-state index contributed by atoms with van der Waals surface area (Å²) < 4.78 is 28.7. The quantitative estimate of drug-likeness (QED) is 0.0408. The molecule has 22 nitrogen and oxygen atoms in total. The Hall–Kier alpha value is -6.21. The predicted molar refractivity (Wildman–Crippen MR) is 311 cm³/mol. The number of anilines is 1. The van der Waals surface area contributed by atoms with E-state index >= 15 is 0 Å². The summed E-state index contributed by atoms with van der Waals surface area (Å²) in [6, 6.07) is 6.08. The molecule has 5 aliphatic rings. The standard InChI is InChI=1S/C58H76ClN7O15S2/c1-33-14-11-17-44(77-10)58(75)31-43(79-55(74)61-58)34(2)38-30-57(38,6)45(29-51(71)65(8)41-27-36(26-33)28-42(76-9)53(41)59)80-54(73)35(3)64(7)48(68)23-25-82-83-56(4,5)32-46(67)63-62-40-16-12-15-39-37(40)19-20-47(60-39)78-24-13-18-52(72)81-66-49(69)21-22-50(66)70/h11,14,17,19-20,27-28,34-35,38,43-45,75H,12-13,15-16,18,21-26,29-32H2,1-10H3,(H,61,74)(H,63,67)/b17-11+,33-14+,62-40-/t34-,35-,38-,43-,44+,45-,57-,58-/m0/s1. The molecular weight excluding hydrogens is 1130 g/mol. The second-order valence-corrected chi connectivity index (χ2v) is 26.2. The molecule has 2 aromatic rings. The number of rotatable bonds is 19. The SMILES string of the molecule is COc1cc2cc(c1Cl)N(C)C(=O)C[C@H](OC(=O)[C@H](C)N(C)C(=O)CCSSC(C)(C)CC(=O)N/N=C1/CCCc3nc(OCCCC(=O)ON4C(=O)CCC4=O)ccc31)[C@@]1(C)C[C@H]1[C@H](C)[C@@H]1C[C@@](O)(NC(=O)O1)[C@H](OC)/C=C/C=C(\C)C2. The van der Waals surface area contributed by atoms with Gasteiger partial charge in [0.15, 0.2) is 5.72 Å². The van der Waals surface area contributed by atoms with Crippen LogP contribution in [-0.4, -0.2) is 149 Å². The zero-order valence-corrected chi connectivity index (χ0v) is 51.1. The minimum Gasteiger partial charge on any atom is -0.495 e. The van der Waals surface area contributed by atoms with Crippen molar-refractivity contribution < 1.29 is 72.0 Å². The second-order valence-electron chi connectivity index (χ2n) is 22.7. The lowest BCUT2D eigenvalue weighted by Crippen LogP contribution is -2.63. The molecule has 0 spiro atoms. The van der Waals surface area contributed by atoms with E-state index in [1.807, 2.05) is 52.8 Å². The lowest BCUT2D eigenvalue weighted by atomic mass is 9.83. The summed E-state index contributed by atoms with van der Waals surface area (Å²) in [6.07, 6.45) is 4.93. The third-order valence-electron chi connectivity index (χ3n) is 15.9. The van der Waals surface area contributed by atoms with Crippen molar-refractivity contribution in [2.75, 3.05) is 45.6 Å². The molecule has 452 valence electrons. The molecule has 1 saturated carbocycles. The fourth-order valence-electron chi connectivity index (χ4n) is 10.8. The number of imide groups is 1. The van der Waals surface area contributed by atoms with Crippen LogP contribution in [0.4, 0.5) is 10.5 Å². The smallest absolute Gasteiger partial charge is 0.409 e. The first-order chi connectivity index (χ1) is 39.3. The van der Waals surface area contributed by atoms with Gasteiger partial charge in [-0.2, -0.15) is 5.10 Å². The Morgan fingerprint density at radius 2 is 1.80 bits per heavy atom. The van der Waals surface area contributed by atoms with Crippen LogP contribution in [0, 0.1) is 17.3 Å². The number of aliphatic hydroxyl groups is 1. The number of allylic oxidation sites excluding steroid dienone is 3. The monoisotopic (exact) mass is 1210 g/mol. The van der Waals surface area contributed by atoms with Gasteiger partial charge >= 0.3 is 18.0 Å². The van der Waals surface area contributed by atoms with E-state index in [0.717, 1.165) is 28.8 Å². The van der Waals surface area contributed by atoms with Crippen molar-refractivity contribution in [3.8, 4) is 11.6 Å². The Morgan fingerprint density at radius 1 is 1.06 bits per heavy atom. The maximum Gasteiger partial charge on any atom is 0.409 e. The number of ether oxygens (including phenoxy) is 5. The summed E-state index contributed by atoms with van der Waals surface area (Å²) in [7, 11) is 8.93. The molecule has 0 unspecified atom stereocenters. The molecule has 3 fully saturated rings. The highest BCUT2D eigenvalue weighted by Gasteiger charge is 2.62. The van der Waals surface area contributed by atoms with Crippen LogP contribution < -0.4 is 25.1 Å². The highest BCUT2D eigenvalue weighted by atomic mass is 35.5. The Morgan fingerprint density at radius 3 is 2.51 bits per heavy atom. The van der Waals surface area contributed by atoms with E-state index in [-0.39, 0.29) is 86.6 Å². The van der Waals surface area contributed by atoms with Crippen LogP contribution in [0.25, 0.3) is 0 Å². The molecule has 4 heterocycles. The number of hydrogen-bond donors (Lipinski definition) is 3. The number of pyridine rings is 1. The summed E-state index contributed by atoms with van der Waals surface area (Å²) >= 11 is 6.86. The van der Waals surface area contributed by atoms with Crippen LogP contribution in [0.5, 0.6) is 11.6 Å². The maximum atomic E-state index is 14.5. The van der Waals surface area contributed by atoms with E-state index in [1.54, 1.807) is 38.3 Å². The van der Waals surface area contributed by atoms with Gasteiger partial charge in [-0.3, -0.25) is 29.3 Å². The van der Waals surface area contributed by atoms with Gasteiger partial charge in [0.25, 0.3) is 11.8 Å². The summed E-state index contributed by atoms with van der Waals surface area (Å²) in [5.41, 5.74) is 4.42. The van der Waals surface area contributed by atoms with Gasteiger partial charge in [0.1, 0.15) is 35.1 Å². The molecule has 25 heteroatoms. The lowest BCUT2D eigenvalue weighted by Gasteiger charge is -2.42. The van der Waals surface area contributed by atoms with Gasteiger partial charge in [-0.15, -0.1) is 5.06 Å². The van der Waals surface area contributed by atoms with Crippen LogP contribution in [0.1, 0.15) is 129 Å². The Labute approximate surface area is 496 Å². The van der Waals surface area contributed by atoms with Gasteiger partial charge < -0.3 is 43.4 Å². The van der Waals surface area contributed by atoms with E-state index in [4.69, 9.17) is 40.1 Å². The number of halogens is 1. The number of fused-ring (bicyclic) bond motifs is 6. The maximum absolute atomic E-state index is 14.5. The number of carbonyl (C=O) groups is 8. The third-order valence-corrected chi connectivity index (χ3v) is 19.6. The van der Waals surface area contributed by atoms with Crippen molar-refractivity contribution in [1.82, 2.24) is 25.7 Å². The number of hydrogen-bond acceptors (Lipinski definition) is 19. The largest absolute Gasteiger partial charge is 0.495 e. The average molecular weight is 1210 g/mol. The first-order valence-corrected chi connectivity index (χ1v) is 30.5. The molecule has 0 radical (unpaired) electrons. The highest BCUT2D eigenvalue weighted by Crippen LogP contribution is 2.61. The molecule has 83 heavy (non-hydrogen) atoms. The van der Waals surface area contributed by atoms with Gasteiger partial charge in [0.05, 0.1) is 43.7 Å². The van der Waals surface area contributed by atoms with E-state index in [0.29, 0.717) is 59.5 Å². The summed E-state index contributed by atoms with van der Waals surface area (Å²) in [5.74, 6) is -3.02. The first kappa shape index (κ1) is 64.4. The predicted octanol–water partition coefficient (Wildman–Crippen LogP) is 7.34. The fraction of sp³-hybridized carbons (Fsp3) is 0.586. The molecule has 3 N–H and O–H groups in total. The number of likely N-dealkylation sites (N-methyl/N-ethyl adjacent to an activating group) is 1. The Bertz CT molecular complexity index is 2910. The number of esters is 1. The van der Waals surface area contributed by atoms with Gasteiger partial charge in [-0.05, 0) is 102 Å². The Balaban J connectivity index is 0.925. The number of amides is 6. The van der Waals surface area contributed by atoms with Crippen LogP contribution in [-0.2, 0) is 65.5 Å². The number of hydrazone groups is 1.